The zero-order valence-electron chi connectivity index (χ0n) is 16.0. The van der Waals surface area contributed by atoms with Gasteiger partial charge >= 0.3 is 0 Å². The van der Waals surface area contributed by atoms with Gasteiger partial charge in [0.2, 0.25) is 10.0 Å². The topological polar surface area (TPSA) is 95.4 Å². The fourth-order valence-electron chi connectivity index (χ4n) is 3.24. The highest BCUT2D eigenvalue weighted by molar-refractivity contribution is 7.89. The molecule has 2 N–H and O–H groups in total. The van der Waals surface area contributed by atoms with Gasteiger partial charge in [0.25, 0.3) is 0 Å². The van der Waals surface area contributed by atoms with Crippen molar-refractivity contribution in [2.24, 2.45) is 5.14 Å². The summed E-state index contributed by atoms with van der Waals surface area (Å²) in [5, 5.41) is 5.44. The van der Waals surface area contributed by atoms with Gasteiger partial charge in [0.15, 0.2) is 12.2 Å². The van der Waals surface area contributed by atoms with E-state index in [1.807, 2.05) is 0 Å². The van der Waals surface area contributed by atoms with Crippen LogP contribution in [-0.4, -0.2) is 13.4 Å². The Kier molecular flexibility index (Phi) is 5.53. The Balaban J connectivity index is 1.92. The maximum absolute atomic E-state index is 13.5. The molecule has 0 unspecified atom stereocenters. The molecular weight excluding hydrogens is 426 g/mol. The van der Waals surface area contributed by atoms with Gasteiger partial charge in [-0.05, 0) is 41.5 Å². The van der Waals surface area contributed by atoms with Crippen molar-refractivity contribution in [3.8, 4) is 28.2 Å². The molecule has 4 rings (SSSR count). The molecule has 1 heterocycles. The monoisotopic (exact) mass is 442 g/mol. The van der Waals surface area contributed by atoms with Gasteiger partial charge in [-0.1, -0.05) is 24.3 Å². The van der Waals surface area contributed by atoms with Crippen molar-refractivity contribution in [1.82, 2.24) is 4.98 Å². The van der Waals surface area contributed by atoms with Crippen LogP contribution in [0.2, 0.25) is 0 Å². The lowest BCUT2D eigenvalue weighted by molar-refractivity contribution is 0.301. The lowest BCUT2D eigenvalue weighted by Crippen LogP contribution is -2.16. The smallest absolute Gasteiger partial charge is 0.238 e. The first-order valence-corrected chi connectivity index (χ1v) is 10.6. The number of nitrogens with zero attached hydrogens (tertiary/aromatic N) is 1. The molecule has 0 saturated heterocycles. The van der Waals surface area contributed by atoms with Crippen molar-refractivity contribution in [3.05, 3.63) is 90.5 Å². The maximum atomic E-state index is 13.5. The zero-order chi connectivity index (χ0) is 22.0. The fraction of sp³-hybridized carbons (Fsp3) is 0.0455. The molecule has 0 bridgehead atoms. The van der Waals surface area contributed by atoms with Gasteiger partial charge in [-0.25, -0.2) is 27.3 Å². The SMILES string of the molecule is NS(=O)(=O)c1ccc(-c2ccc(F)cc2)c(-c2cnco2)c1COc1cccc(F)c1. The van der Waals surface area contributed by atoms with Gasteiger partial charge in [0, 0.05) is 17.2 Å². The van der Waals surface area contributed by atoms with Crippen molar-refractivity contribution in [2.75, 3.05) is 0 Å². The van der Waals surface area contributed by atoms with E-state index in [1.54, 1.807) is 18.2 Å². The number of sulfonamides is 1. The second-order valence-corrected chi connectivity index (χ2v) is 8.16. The van der Waals surface area contributed by atoms with E-state index in [-0.39, 0.29) is 28.6 Å². The number of halogens is 2. The highest BCUT2D eigenvalue weighted by Gasteiger charge is 2.24. The normalized spacial score (nSPS) is 11.5. The zero-order valence-corrected chi connectivity index (χ0v) is 16.8. The van der Waals surface area contributed by atoms with E-state index in [4.69, 9.17) is 14.3 Å². The van der Waals surface area contributed by atoms with Gasteiger partial charge in [-0.3, -0.25) is 0 Å². The molecule has 158 valence electrons. The molecule has 1 aromatic heterocycles. The number of rotatable bonds is 6. The molecule has 0 saturated carbocycles. The lowest BCUT2D eigenvalue weighted by atomic mass is 9.94. The number of aromatic nitrogens is 1. The van der Waals surface area contributed by atoms with Gasteiger partial charge < -0.3 is 9.15 Å². The summed E-state index contributed by atoms with van der Waals surface area (Å²) >= 11 is 0. The van der Waals surface area contributed by atoms with Crippen LogP contribution in [0.25, 0.3) is 22.5 Å². The molecule has 0 aliphatic heterocycles. The Morgan fingerprint density at radius 2 is 1.77 bits per heavy atom. The largest absolute Gasteiger partial charge is 0.489 e. The molecule has 0 atom stereocenters. The van der Waals surface area contributed by atoms with Gasteiger partial charge in [-0.15, -0.1) is 0 Å². The van der Waals surface area contributed by atoms with Crippen molar-refractivity contribution in [2.45, 2.75) is 11.5 Å². The summed E-state index contributed by atoms with van der Waals surface area (Å²) in [7, 11) is -4.14. The molecule has 0 amide bonds. The number of benzene rings is 3. The Bertz CT molecular complexity index is 1320. The summed E-state index contributed by atoms with van der Waals surface area (Å²) in [5.41, 5.74) is 1.74. The highest BCUT2D eigenvalue weighted by atomic mass is 32.2. The first-order valence-electron chi connectivity index (χ1n) is 9.05. The first-order chi connectivity index (χ1) is 14.8. The molecule has 0 radical (unpaired) electrons. The summed E-state index contributed by atoms with van der Waals surface area (Å²) in [4.78, 5) is 3.73. The summed E-state index contributed by atoms with van der Waals surface area (Å²) in [5.74, 6) is -0.445. The second-order valence-electron chi connectivity index (χ2n) is 6.63. The number of ether oxygens (including phenoxy) is 1. The number of hydrogen-bond donors (Lipinski definition) is 1. The van der Waals surface area contributed by atoms with Gasteiger partial charge in [0.1, 0.15) is 24.0 Å². The standard InChI is InChI=1S/C22H16F2N2O4S/c23-15-6-4-14(5-7-15)18-8-9-21(31(25,27)28)19(22(18)20-11-26-13-30-20)12-29-17-3-1-2-16(24)10-17/h1-11,13H,12H2,(H2,25,27,28). The van der Waals surface area contributed by atoms with Crippen LogP contribution in [0.5, 0.6) is 5.75 Å². The van der Waals surface area contributed by atoms with E-state index >= 15 is 0 Å². The molecule has 0 aliphatic carbocycles. The van der Waals surface area contributed by atoms with E-state index in [0.717, 1.165) is 0 Å². The van der Waals surface area contributed by atoms with Crippen LogP contribution >= 0.6 is 0 Å². The fourth-order valence-corrected chi connectivity index (χ4v) is 4.00. The number of oxazole rings is 1. The summed E-state index contributed by atoms with van der Waals surface area (Å²) < 4.78 is 62.7. The Morgan fingerprint density at radius 1 is 1.00 bits per heavy atom. The van der Waals surface area contributed by atoms with E-state index in [1.165, 1.54) is 55.1 Å². The third-order valence-corrected chi connectivity index (χ3v) is 5.59. The Morgan fingerprint density at radius 3 is 2.42 bits per heavy atom. The minimum atomic E-state index is -4.14. The minimum absolute atomic E-state index is 0.179. The minimum Gasteiger partial charge on any atom is -0.489 e. The van der Waals surface area contributed by atoms with Crippen molar-refractivity contribution in [3.63, 3.8) is 0 Å². The average molecular weight is 442 g/mol. The molecule has 4 aromatic rings. The van der Waals surface area contributed by atoms with E-state index in [2.05, 4.69) is 4.98 Å². The van der Waals surface area contributed by atoms with Gasteiger partial charge in [-0.2, -0.15) is 0 Å². The van der Waals surface area contributed by atoms with Crippen LogP contribution < -0.4 is 9.88 Å². The molecule has 0 spiro atoms. The third kappa shape index (κ3) is 4.47. The molecule has 3 aromatic carbocycles. The third-order valence-electron chi connectivity index (χ3n) is 4.59. The number of nitrogens with two attached hydrogens (primary N) is 1. The lowest BCUT2D eigenvalue weighted by Gasteiger charge is -2.17. The maximum Gasteiger partial charge on any atom is 0.238 e. The van der Waals surface area contributed by atoms with E-state index < -0.39 is 21.7 Å². The van der Waals surface area contributed by atoms with Crippen LogP contribution in [0.4, 0.5) is 8.78 Å². The van der Waals surface area contributed by atoms with Crippen LogP contribution in [0, 0.1) is 11.6 Å². The highest BCUT2D eigenvalue weighted by Crippen LogP contribution is 2.38. The number of primary sulfonamides is 1. The Labute approximate surface area is 177 Å². The molecular formula is C22H16F2N2O4S. The first kappa shape index (κ1) is 20.7. The Hall–Kier alpha value is -3.56. The van der Waals surface area contributed by atoms with Crippen LogP contribution in [0.15, 0.2) is 82.6 Å². The quantitative estimate of drug-likeness (QED) is 0.474. The molecule has 9 heteroatoms. The summed E-state index contributed by atoms with van der Waals surface area (Å²) in [6, 6.07) is 14.0. The summed E-state index contributed by atoms with van der Waals surface area (Å²) in [6.07, 6.45) is 2.62. The molecule has 0 fully saturated rings. The predicted molar refractivity (Wildman–Crippen MR) is 109 cm³/mol. The van der Waals surface area contributed by atoms with E-state index in [0.29, 0.717) is 16.7 Å². The van der Waals surface area contributed by atoms with Crippen LogP contribution in [-0.2, 0) is 16.6 Å². The number of hydrogen-bond acceptors (Lipinski definition) is 5. The van der Waals surface area contributed by atoms with Crippen molar-refractivity contribution < 1.29 is 26.4 Å². The average Bonchev–Trinajstić information content (AvgIpc) is 3.26. The molecule has 0 aliphatic rings. The van der Waals surface area contributed by atoms with E-state index in [9.17, 15) is 17.2 Å². The molecule has 6 nitrogen and oxygen atoms in total. The predicted octanol–water partition coefficient (Wildman–Crippen LogP) is 4.51. The summed E-state index contributed by atoms with van der Waals surface area (Å²) in [6.45, 7) is -0.250. The van der Waals surface area contributed by atoms with Gasteiger partial charge in [0.05, 0.1) is 11.1 Å². The molecule has 31 heavy (non-hydrogen) atoms. The van der Waals surface area contributed by atoms with Crippen LogP contribution in [0.1, 0.15) is 5.56 Å². The van der Waals surface area contributed by atoms with Crippen molar-refractivity contribution in [1.29, 1.82) is 0 Å². The van der Waals surface area contributed by atoms with Crippen LogP contribution in [0.3, 0.4) is 0 Å². The van der Waals surface area contributed by atoms with Crippen molar-refractivity contribution >= 4 is 10.0 Å². The second kappa shape index (κ2) is 8.29.